The number of para-hydroxylation sites is 1. The van der Waals surface area contributed by atoms with Crippen LogP contribution in [-0.2, 0) is 33.3 Å². The van der Waals surface area contributed by atoms with E-state index in [-0.39, 0.29) is 17.3 Å². The molecule has 1 aliphatic heterocycles. The molecular weight excluding hydrogens is 500 g/mol. The molecule has 0 radical (unpaired) electrons. The molecule has 0 saturated carbocycles. The van der Waals surface area contributed by atoms with Crippen LogP contribution >= 0.6 is 11.8 Å². The summed E-state index contributed by atoms with van der Waals surface area (Å²) < 4.78 is 23.6. The third-order valence-corrected chi connectivity index (χ3v) is 6.68. The molecule has 194 valence electrons. The number of carbonyl (C=O) groups is 3. The Bertz CT molecular complexity index is 1390. The second kappa shape index (κ2) is 11.1. The van der Waals surface area contributed by atoms with Gasteiger partial charge < -0.3 is 18.9 Å². The molecule has 1 aliphatic rings. The molecule has 1 saturated heterocycles. The molecule has 37 heavy (non-hydrogen) atoms. The van der Waals surface area contributed by atoms with Gasteiger partial charge in [-0.25, -0.2) is 4.98 Å². The van der Waals surface area contributed by atoms with E-state index in [4.69, 9.17) is 23.9 Å². The summed E-state index contributed by atoms with van der Waals surface area (Å²) in [7, 11) is 0. The topological polar surface area (TPSA) is 123 Å². The maximum atomic E-state index is 13.6. The zero-order chi connectivity index (χ0) is 26.7. The lowest BCUT2D eigenvalue weighted by molar-refractivity contribution is -0.213. The van der Waals surface area contributed by atoms with Crippen LogP contribution < -0.4 is 5.56 Å². The molecule has 4 rings (SSSR count). The second-order valence-corrected chi connectivity index (χ2v) is 9.57. The number of nitrogens with zero attached hydrogens (tertiary/aromatic N) is 2. The monoisotopic (exact) mass is 526 g/mol. The van der Waals surface area contributed by atoms with Crippen LogP contribution in [0.25, 0.3) is 16.6 Å². The van der Waals surface area contributed by atoms with Crippen molar-refractivity contribution >= 4 is 40.6 Å². The van der Waals surface area contributed by atoms with Crippen LogP contribution in [-0.4, -0.2) is 57.8 Å². The summed E-state index contributed by atoms with van der Waals surface area (Å²) in [4.78, 5) is 53.8. The smallest absolute Gasteiger partial charge is 0.303 e. The highest BCUT2D eigenvalue weighted by atomic mass is 32.2. The van der Waals surface area contributed by atoms with Gasteiger partial charge in [-0.2, -0.15) is 0 Å². The molecule has 10 nitrogen and oxygen atoms in total. The van der Waals surface area contributed by atoms with E-state index in [0.29, 0.717) is 16.6 Å². The molecular formula is C26H26N2O8S. The molecule has 1 fully saturated rings. The zero-order valence-electron chi connectivity index (χ0n) is 20.7. The van der Waals surface area contributed by atoms with E-state index in [1.165, 1.54) is 25.3 Å². The summed E-state index contributed by atoms with van der Waals surface area (Å²) in [5, 5.41) is 0.712. The first-order chi connectivity index (χ1) is 17.6. The molecule has 0 bridgehead atoms. The Labute approximate surface area is 216 Å². The Morgan fingerprint density at radius 1 is 0.919 bits per heavy atom. The standard InChI is InChI=1S/C26H26N2O8S/c1-14-9-11-18(12-10-14)28-24(32)19-7-5-6-8-20(19)27-26(28)37-25-23(36-17(4)31)22(35-16(3)30)21(13-33-25)34-15(2)29/h5-12,21-23,25H,13H2,1-4H3/t21-,22+,23-,25+/m1/s1. The Morgan fingerprint density at radius 2 is 1.54 bits per heavy atom. The van der Waals surface area contributed by atoms with E-state index in [9.17, 15) is 19.2 Å². The molecule has 3 aromatic rings. The number of aryl methyl sites for hydroxylation is 1. The summed E-state index contributed by atoms with van der Waals surface area (Å²) in [5.41, 5.74) is 0.861. The number of hydrogen-bond donors (Lipinski definition) is 0. The molecule has 2 aromatic carbocycles. The molecule has 0 spiro atoms. The number of ether oxygens (including phenoxy) is 4. The first-order valence-corrected chi connectivity index (χ1v) is 12.4. The average Bonchev–Trinajstić information content (AvgIpc) is 2.83. The predicted octanol–water partition coefficient (Wildman–Crippen LogP) is 2.94. The predicted molar refractivity (Wildman–Crippen MR) is 134 cm³/mol. The van der Waals surface area contributed by atoms with Gasteiger partial charge in [0.1, 0.15) is 0 Å². The van der Waals surface area contributed by atoms with E-state index >= 15 is 0 Å². The van der Waals surface area contributed by atoms with Crippen molar-refractivity contribution in [3.63, 3.8) is 0 Å². The highest BCUT2D eigenvalue weighted by molar-refractivity contribution is 7.99. The molecule has 0 aliphatic carbocycles. The van der Waals surface area contributed by atoms with E-state index in [1.807, 2.05) is 19.1 Å². The van der Waals surface area contributed by atoms with Gasteiger partial charge in [0.2, 0.25) is 0 Å². The van der Waals surface area contributed by atoms with Gasteiger partial charge in [0.15, 0.2) is 28.9 Å². The fourth-order valence-corrected chi connectivity index (χ4v) is 5.17. The van der Waals surface area contributed by atoms with Crippen molar-refractivity contribution in [2.45, 2.75) is 56.6 Å². The van der Waals surface area contributed by atoms with Crippen LogP contribution in [0.15, 0.2) is 58.5 Å². The van der Waals surface area contributed by atoms with Crippen molar-refractivity contribution in [2.75, 3.05) is 6.61 Å². The molecule has 0 N–H and O–H groups in total. The van der Waals surface area contributed by atoms with E-state index in [2.05, 4.69) is 0 Å². The Morgan fingerprint density at radius 3 is 2.19 bits per heavy atom. The number of thioether (sulfide) groups is 1. The van der Waals surface area contributed by atoms with Crippen molar-refractivity contribution < 1.29 is 33.3 Å². The van der Waals surface area contributed by atoms with Crippen LogP contribution in [0.1, 0.15) is 26.3 Å². The Balaban J connectivity index is 1.80. The van der Waals surface area contributed by atoms with Gasteiger partial charge in [0, 0.05) is 20.8 Å². The van der Waals surface area contributed by atoms with Crippen molar-refractivity contribution in [1.29, 1.82) is 0 Å². The summed E-state index contributed by atoms with van der Waals surface area (Å²) in [6.45, 7) is 5.43. The van der Waals surface area contributed by atoms with Crippen molar-refractivity contribution in [1.82, 2.24) is 9.55 Å². The lowest BCUT2D eigenvalue weighted by Gasteiger charge is -2.40. The van der Waals surface area contributed by atoms with Crippen LogP contribution in [0, 0.1) is 6.92 Å². The van der Waals surface area contributed by atoms with Gasteiger partial charge in [-0.3, -0.25) is 23.7 Å². The number of hydrogen-bond acceptors (Lipinski definition) is 10. The number of aromatic nitrogens is 2. The minimum Gasteiger partial charge on any atom is -0.456 e. The van der Waals surface area contributed by atoms with Crippen molar-refractivity contribution in [3.05, 3.63) is 64.4 Å². The van der Waals surface area contributed by atoms with Gasteiger partial charge in [0.25, 0.3) is 5.56 Å². The fraction of sp³-hybridized carbons (Fsp3) is 0.346. The molecule has 0 unspecified atom stereocenters. The molecule has 0 amide bonds. The summed E-state index contributed by atoms with van der Waals surface area (Å²) >= 11 is 1.04. The third kappa shape index (κ3) is 6.00. The van der Waals surface area contributed by atoms with E-state index in [0.717, 1.165) is 17.3 Å². The summed E-state index contributed by atoms with van der Waals surface area (Å²) in [6.07, 6.45) is -3.28. The zero-order valence-corrected chi connectivity index (χ0v) is 21.5. The average molecular weight is 527 g/mol. The lowest BCUT2D eigenvalue weighted by Crippen LogP contribution is -2.56. The third-order valence-electron chi connectivity index (χ3n) is 5.56. The van der Waals surface area contributed by atoms with Crippen molar-refractivity contribution in [2.24, 2.45) is 0 Å². The van der Waals surface area contributed by atoms with E-state index < -0.39 is 41.7 Å². The highest BCUT2D eigenvalue weighted by Gasteiger charge is 2.47. The van der Waals surface area contributed by atoms with Crippen LogP contribution in [0.4, 0.5) is 0 Å². The number of esters is 3. The Hall–Kier alpha value is -3.70. The van der Waals surface area contributed by atoms with E-state index in [1.54, 1.807) is 36.4 Å². The molecule has 11 heteroatoms. The quantitative estimate of drug-likeness (QED) is 0.269. The van der Waals surface area contributed by atoms with Gasteiger partial charge in [-0.1, -0.05) is 41.6 Å². The SMILES string of the molecule is CC(=O)O[C@@H]1[C@@H](OC(C)=O)[C@H](Sc2nc3ccccc3c(=O)n2-c2ccc(C)cc2)OC[C@H]1OC(C)=O. The van der Waals surface area contributed by atoms with Gasteiger partial charge in [0.05, 0.1) is 23.2 Å². The first kappa shape index (κ1) is 26.4. The maximum Gasteiger partial charge on any atom is 0.303 e. The van der Waals surface area contributed by atoms with Gasteiger partial charge >= 0.3 is 17.9 Å². The largest absolute Gasteiger partial charge is 0.456 e. The van der Waals surface area contributed by atoms with Crippen molar-refractivity contribution in [3.8, 4) is 5.69 Å². The number of rotatable bonds is 6. The van der Waals surface area contributed by atoms with Crippen LogP contribution in [0.5, 0.6) is 0 Å². The molecule has 4 atom stereocenters. The minimum absolute atomic E-state index is 0.130. The second-order valence-electron chi connectivity index (χ2n) is 8.50. The number of benzene rings is 2. The number of fused-ring (bicyclic) bond motifs is 1. The molecule has 2 heterocycles. The number of carbonyl (C=O) groups excluding carboxylic acids is 3. The minimum atomic E-state index is -1.15. The normalized spacial score (nSPS) is 21.3. The van der Waals surface area contributed by atoms with Gasteiger partial charge in [-0.15, -0.1) is 0 Å². The molecule has 1 aromatic heterocycles. The first-order valence-electron chi connectivity index (χ1n) is 11.5. The van der Waals surface area contributed by atoms with Crippen LogP contribution in [0.2, 0.25) is 0 Å². The highest BCUT2D eigenvalue weighted by Crippen LogP contribution is 2.35. The fourth-order valence-electron chi connectivity index (χ4n) is 4.03. The summed E-state index contributed by atoms with van der Waals surface area (Å²) in [6, 6.07) is 14.3. The Kier molecular flexibility index (Phi) is 7.94. The maximum absolute atomic E-state index is 13.6. The lowest BCUT2D eigenvalue weighted by atomic mass is 10.1. The summed E-state index contributed by atoms with van der Waals surface area (Å²) in [5.74, 6) is -1.91. The van der Waals surface area contributed by atoms with Gasteiger partial charge in [-0.05, 0) is 31.2 Å². The van der Waals surface area contributed by atoms with Crippen LogP contribution in [0.3, 0.4) is 0 Å².